The monoisotopic (exact) mass is 369 g/mol. The van der Waals surface area contributed by atoms with E-state index in [0.29, 0.717) is 12.0 Å². The molecule has 1 aromatic carbocycles. The van der Waals surface area contributed by atoms with Crippen LogP contribution in [-0.4, -0.2) is 18.5 Å². The van der Waals surface area contributed by atoms with Crippen molar-refractivity contribution in [3.63, 3.8) is 0 Å². The van der Waals surface area contributed by atoms with Gasteiger partial charge < -0.3 is 4.74 Å². The molecule has 2 nitrogen and oxygen atoms in total. The first-order valence-corrected chi connectivity index (χ1v) is 11.5. The van der Waals surface area contributed by atoms with Crippen molar-refractivity contribution in [2.75, 3.05) is 6.61 Å². The van der Waals surface area contributed by atoms with Crippen LogP contribution in [0.15, 0.2) is 29.3 Å². The van der Waals surface area contributed by atoms with Crippen LogP contribution in [0.2, 0.25) is 0 Å². The summed E-state index contributed by atoms with van der Waals surface area (Å²) in [6.07, 6.45) is 14.1. The average Bonchev–Trinajstić information content (AvgIpc) is 3.19. The Morgan fingerprint density at radius 1 is 0.963 bits per heavy atom. The zero-order chi connectivity index (χ0) is 19.1. The fraction of sp³-hybridized carbons (Fsp3) is 0.720. The molecule has 0 aromatic heterocycles. The summed E-state index contributed by atoms with van der Waals surface area (Å²) in [6, 6.07) is 9.39. The Morgan fingerprint density at radius 3 is 2.30 bits per heavy atom. The van der Waals surface area contributed by atoms with Crippen LogP contribution in [0.1, 0.15) is 102 Å². The molecule has 1 saturated carbocycles. The van der Waals surface area contributed by atoms with Gasteiger partial charge >= 0.3 is 0 Å². The molecule has 27 heavy (non-hydrogen) atoms. The Balaban J connectivity index is 1.44. The van der Waals surface area contributed by atoms with E-state index in [9.17, 15) is 0 Å². The Morgan fingerprint density at radius 2 is 1.67 bits per heavy atom. The molecule has 0 saturated heterocycles. The maximum Gasteiger partial charge on any atom is 0.216 e. The van der Waals surface area contributed by atoms with Crippen molar-refractivity contribution in [3.8, 4) is 0 Å². The highest BCUT2D eigenvalue weighted by Crippen LogP contribution is 2.38. The van der Waals surface area contributed by atoms with E-state index in [4.69, 9.17) is 9.73 Å². The largest absolute Gasteiger partial charge is 0.475 e. The minimum Gasteiger partial charge on any atom is -0.475 e. The van der Waals surface area contributed by atoms with Crippen LogP contribution in [0.3, 0.4) is 0 Å². The van der Waals surface area contributed by atoms with E-state index in [1.165, 1.54) is 69.8 Å². The summed E-state index contributed by atoms with van der Waals surface area (Å²) >= 11 is 0. The molecule has 150 valence electrons. The third kappa shape index (κ3) is 5.83. The second kappa shape index (κ2) is 10.3. The molecule has 2 aliphatic rings. The molecule has 1 fully saturated rings. The smallest absolute Gasteiger partial charge is 0.216 e. The predicted octanol–water partition coefficient (Wildman–Crippen LogP) is 7.12. The first-order chi connectivity index (χ1) is 13.2. The van der Waals surface area contributed by atoms with Crippen LogP contribution in [0, 0.1) is 11.8 Å². The summed E-state index contributed by atoms with van der Waals surface area (Å²) in [5.41, 5.74) is 2.65. The standard InChI is InChI=1S/C25H39NO/c1-4-5-6-7-8-9-20-10-12-21(13-11-20)22-14-16-23(17-15-22)25-26-24(18-27-25)19(2)3/h14-17,19-21,24H,4-13,18H2,1-3H3/t20?,21?,24-/m1/s1. The van der Waals surface area contributed by atoms with Gasteiger partial charge in [-0.15, -0.1) is 0 Å². The second-order valence-electron chi connectivity index (χ2n) is 9.10. The molecule has 0 unspecified atom stereocenters. The zero-order valence-corrected chi connectivity index (χ0v) is 17.8. The highest BCUT2D eigenvalue weighted by Gasteiger charge is 2.24. The number of ether oxygens (including phenoxy) is 1. The SMILES string of the molecule is CCCCCCCC1CCC(c2ccc(C3=N[C@@H](C(C)C)CO3)cc2)CC1. The van der Waals surface area contributed by atoms with Gasteiger partial charge in [0.2, 0.25) is 5.90 Å². The van der Waals surface area contributed by atoms with E-state index in [0.717, 1.165) is 29.9 Å². The van der Waals surface area contributed by atoms with Crippen molar-refractivity contribution < 1.29 is 4.74 Å². The van der Waals surface area contributed by atoms with Crippen LogP contribution >= 0.6 is 0 Å². The van der Waals surface area contributed by atoms with Gasteiger partial charge in [0.1, 0.15) is 6.61 Å². The minimum absolute atomic E-state index is 0.317. The van der Waals surface area contributed by atoms with Crippen LogP contribution in [-0.2, 0) is 4.74 Å². The molecule has 1 aromatic rings. The molecule has 3 rings (SSSR count). The van der Waals surface area contributed by atoms with E-state index < -0.39 is 0 Å². The van der Waals surface area contributed by atoms with Crippen molar-refractivity contribution >= 4 is 5.90 Å². The maximum atomic E-state index is 5.82. The van der Waals surface area contributed by atoms with Gasteiger partial charge in [0.15, 0.2) is 0 Å². The normalized spacial score (nSPS) is 25.5. The molecule has 1 aliphatic heterocycles. The Labute approximate surface area is 166 Å². The van der Waals surface area contributed by atoms with Gasteiger partial charge in [0.25, 0.3) is 0 Å². The summed E-state index contributed by atoms with van der Waals surface area (Å²) in [5, 5.41) is 0. The maximum absolute atomic E-state index is 5.82. The van der Waals surface area contributed by atoms with Crippen LogP contribution in [0.25, 0.3) is 0 Å². The van der Waals surface area contributed by atoms with Gasteiger partial charge in [-0.1, -0.05) is 71.4 Å². The van der Waals surface area contributed by atoms with Crippen LogP contribution in [0.4, 0.5) is 0 Å². The van der Waals surface area contributed by atoms with E-state index in [-0.39, 0.29) is 0 Å². The Kier molecular flexibility index (Phi) is 7.79. The summed E-state index contributed by atoms with van der Waals surface area (Å²) < 4.78 is 5.82. The third-order valence-electron chi connectivity index (χ3n) is 6.64. The second-order valence-corrected chi connectivity index (χ2v) is 9.10. The number of unbranched alkanes of at least 4 members (excludes halogenated alkanes) is 4. The van der Waals surface area contributed by atoms with Gasteiger partial charge in [-0.05, 0) is 61.1 Å². The molecular formula is C25H39NO. The number of hydrogen-bond donors (Lipinski definition) is 0. The van der Waals surface area contributed by atoms with Crippen molar-refractivity contribution in [2.24, 2.45) is 16.8 Å². The first kappa shape index (κ1) is 20.4. The lowest BCUT2D eigenvalue weighted by molar-refractivity contribution is 0.292. The van der Waals surface area contributed by atoms with Gasteiger partial charge in [0.05, 0.1) is 6.04 Å². The molecule has 1 atom stereocenters. The van der Waals surface area contributed by atoms with Crippen molar-refractivity contribution in [1.82, 2.24) is 0 Å². The predicted molar refractivity (Wildman–Crippen MR) is 116 cm³/mol. The van der Waals surface area contributed by atoms with Gasteiger partial charge in [0, 0.05) is 5.56 Å². The summed E-state index contributed by atoms with van der Waals surface area (Å²) in [7, 11) is 0. The molecule has 1 heterocycles. The molecule has 0 bridgehead atoms. The van der Waals surface area contributed by atoms with Crippen LogP contribution < -0.4 is 0 Å². The molecular weight excluding hydrogens is 330 g/mol. The highest BCUT2D eigenvalue weighted by molar-refractivity contribution is 5.95. The number of hydrogen-bond acceptors (Lipinski definition) is 2. The topological polar surface area (TPSA) is 21.6 Å². The Bertz CT molecular complexity index is 581. The lowest BCUT2D eigenvalue weighted by Gasteiger charge is -2.29. The molecule has 1 aliphatic carbocycles. The molecule has 0 N–H and O–H groups in total. The van der Waals surface area contributed by atoms with E-state index in [1.807, 2.05) is 0 Å². The lowest BCUT2D eigenvalue weighted by Crippen LogP contribution is -2.13. The minimum atomic E-state index is 0.317. The fourth-order valence-corrected chi connectivity index (χ4v) is 4.61. The van der Waals surface area contributed by atoms with Gasteiger partial charge in [-0.25, -0.2) is 4.99 Å². The summed E-state index contributed by atoms with van der Waals surface area (Å²) in [5.74, 6) is 3.12. The van der Waals surface area contributed by atoms with E-state index >= 15 is 0 Å². The van der Waals surface area contributed by atoms with Crippen LogP contribution in [0.5, 0.6) is 0 Å². The molecule has 0 amide bonds. The zero-order valence-electron chi connectivity index (χ0n) is 17.8. The van der Waals surface area contributed by atoms with Crippen molar-refractivity contribution in [1.29, 1.82) is 0 Å². The lowest BCUT2D eigenvalue weighted by atomic mass is 9.77. The summed E-state index contributed by atoms with van der Waals surface area (Å²) in [4.78, 5) is 4.75. The van der Waals surface area contributed by atoms with Crippen molar-refractivity contribution in [2.45, 2.75) is 96.9 Å². The average molecular weight is 370 g/mol. The number of rotatable bonds is 9. The number of aliphatic imine (C=N–C) groups is 1. The van der Waals surface area contributed by atoms with Gasteiger partial charge in [-0.3, -0.25) is 0 Å². The summed E-state index contributed by atoms with van der Waals surface area (Å²) in [6.45, 7) is 7.46. The fourth-order valence-electron chi connectivity index (χ4n) is 4.61. The van der Waals surface area contributed by atoms with Gasteiger partial charge in [-0.2, -0.15) is 0 Å². The van der Waals surface area contributed by atoms with Crippen molar-refractivity contribution in [3.05, 3.63) is 35.4 Å². The van der Waals surface area contributed by atoms with E-state index in [2.05, 4.69) is 45.0 Å². The molecule has 0 spiro atoms. The number of benzene rings is 1. The third-order valence-corrected chi connectivity index (χ3v) is 6.64. The van der Waals surface area contributed by atoms with E-state index in [1.54, 1.807) is 0 Å². The first-order valence-electron chi connectivity index (χ1n) is 11.5. The Hall–Kier alpha value is -1.31. The molecule has 2 heteroatoms. The highest BCUT2D eigenvalue weighted by atomic mass is 16.5. The molecule has 0 radical (unpaired) electrons. The quantitative estimate of drug-likeness (QED) is 0.424. The number of nitrogens with zero attached hydrogens (tertiary/aromatic N) is 1.